The first kappa shape index (κ1) is 18.4. The Morgan fingerprint density at radius 3 is 2.70 bits per heavy atom. The fraction of sp³-hybridized carbons (Fsp3) is 0.632. The normalized spacial score (nSPS) is 24.1. The number of nitrogens with one attached hydrogen (secondary N) is 1. The number of thiophene rings is 1. The number of amides is 4. The fourth-order valence-corrected chi connectivity index (χ4v) is 5.13. The molecule has 1 aromatic rings. The van der Waals surface area contributed by atoms with Crippen LogP contribution in [-0.4, -0.2) is 71.3 Å². The van der Waals surface area contributed by atoms with Crippen LogP contribution in [0.25, 0.3) is 0 Å². The minimum absolute atomic E-state index is 0.115. The second-order valence-corrected chi connectivity index (χ2v) is 8.69. The third kappa shape index (κ3) is 3.73. The molecule has 8 heteroatoms. The van der Waals surface area contributed by atoms with Gasteiger partial charge in [0.2, 0.25) is 11.8 Å². The smallest absolute Gasteiger partial charge is 0.324 e. The van der Waals surface area contributed by atoms with Gasteiger partial charge in [-0.05, 0) is 60.2 Å². The molecular formula is C19H26N4O3S. The van der Waals surface area contributed by atoms with Crippen LogP contribution in [0.4, 0.5) is 4.79 Å². The highest BCUT2D eigenvalue weighted by Gasteiger charge is 2.58. The molecule has 3 fully saturated rings. The maximum atomic E-state index is 12.3. The van der Waals surface area contributed by atoms with Gasteiger partial charge in [-0.1, -0.05) is 0 Å². The van der Waals surface area contributed by atoms with Crippen LogP contribution in [0.3, 0.4) is 0 Å². The lowest BCUT2D eigenvalue weighted by Crippen LogP contribution is -2.46. The highest BCUT2D eigenvalue weighted by molar-refractivity contribution is 7.07. The molecule has 146 valence electrons. The van der Waals surface area contributed by atoms with Gasteiger partial charge in [-0.2, -0.15) is 11.3 Å². The van der Waals surface area contributed by atoms with Crippen molar-refractivity contribution in [2.24, 2.45) is 5.41 Å². The zero-order chi connectivity index (χ0) is 19.0. The summed E-state index contributed by atoms with van der Waals surface area (Å²) in [4.78, 5) is 41.6. The molecule has 3 heterocycles. The molecule has 1 aromatic heterocycles. The number of hydrogen-bond donors (Lipinski definition) is 1. The molecule has 0 bridgehead atoms. The van der Waals surface area contributed by atoms with E-state index in [1.54, 1.807) is 18.3 Å². The van der Waals surface area contributed by atoms with E-state index in [4.69, 9.17) is 0 Å². The summed E-state index contributed by atoms with van der Waals surface area (Å²) >= 11 is 1.66. The summed E-state index contributed by atoms with van der Waals surface area (Å²) in [6.45, 7) is 5.36. The van der Waals surface area contributed by atoms with Gasteiger partial charge >= 0.3 is 6.03 Å². The molecule has 1 unspecified atom stereocenters. The van der Waals surface area contributed by atoms with Crippen LogP contribution in [0.2, 0.25) is 0 Å². The largest absolute Gasteiger partial charge is 0.336 e. The fourth-order valence-electron chi connectivity index (χ4n) is 4.47. The van der Waals surface area contributed by atoms with Gasteiger partial charge in [0.05, 0.1) is 6.54 Å². The van der Waals surface area contributed by atoms with Gasteiger partial charge in [-0.3, -0.25) is 19.4 Å². The summed E-state index contributed by atoms with van der Waals surface area (Å²) in [5.41, 5.74) is 1.41. The first-order valence-corrected chi connectivity index (χ1v) is 10.5. The Balaban J connectivity index is 1.30. The quantitative estimate of drug-likeness (QED) is 0.827. The van der Waals surface area contributed by atoms with E-state index in [2.05, 4.69) is 21.7 Å². The molecule has 1 atom stereocenters. The van der Waals surface area contributed by atoms with E-state index in [0.29, 0.717) is 32.2 Å². The lowest BCUT2D eigenvalue weighted by atomic mass is 9.92. The number of carbonyl (C=O) groups is 3. The number of piperidine rings is 1. The third-order valence-corrected chi connectivity index (χ3v) is 6.96. The molecule has 1 saturated carbocycles. The topological polar surface area (TPSA) is 73.0 Å². The lowest BCUT2D eigenvalue weighted by molar-refractivity contribution is -0.130. The van der Waals surface area contributed by atoms with Crippen LogP contribution >= 0.6 is 11.3 Å². The summed E-state index contributed by atoms with van der Waals surface area (Å²) in [5.74, 6) is 0.0249. The Kier molecular flexibility index (Phi) is 4.94. The molecule has 7 nitrogen and oxygen atoms in total. The van der Waals surface area contributed by atoms with Crippen molar-refractivity contribution in [3.05, 3.63) is 22.4 Å². The first-order chi connectivity index (χ1) is 13.0. The van der Waals surface area contributed by atoms with Crippen LogP contribution < -0.4 is 5.32 Å². The van der Waals surface area contributed by atoms with E-state index in [1.807, 2.05) is 10.3 Å². The van der Waals surface area contributed by atoms with Crippen molar-refractivity contribution in [3.8, 4) is 0 Å². The minimum Gasteiger partial charge on any atom is -0.336 e. The molecule has 0 aromatic carbocycles. The third-order valence-electron chi connectivity index (χ3n) is 6.23. The number of nitrogens with zero attached hydrogens (tertiary/aromatic N) is 3. The highest BCUT2D eigenvalue weighted by Crippen LogP contribution is 2.57. The number of urea groups is 1. The predicted octanol–water partition coefficient (Wildman–Crippen LogP) is 1.50. The second kappa shape index (κ2) is 7.24. The van der Waals surface area contributed by atoms with Crippen molar-refractivity contribution in [3.63, 3.8) is 0 Å². The van der Waals surface area contributed by atoms with Crippen LogP contribution in [0.15, 0.2) is 16.8 Å². The molecule has 2 saturated heterocycles. The lowest BCUT2D eigenvalue weighted by Gasteiger charge is -2.34. The van der Waals surface area contributed by atoms with Gasteiger partial charge in [0.1, 0.15) is 0 Å². The number of imide groups is 1. The Hall–Kier alpha value is -1.93. The van der Waals surface area contributed by atoms with E-state index in [-0.39, 0.29) is 23.3 Å². The van der Waals surface area contributed by atoms with Gasteiger partial charge in [0.15, 0.2) is 0 Å². The second-order valence-electron chi connectivity index (χ2n) is 7.91. The molecule has 2 aliphatic heterocycles. The Bertz CT molecular complexity index is 727. The van der Waals surface area contributed by atoms with Gasteiger partial charge in [0.25, 0.3) is 0 Å². The van der Waals surface area contributed by atoms with Crippen molar-refractivity contribution >= 4 is 29.2 Å². The van der Waals surface area contributed by atoms with E-state index >= 15 is 0 Å². The number of hydrogen-bond acceptors (Lipinski definition) is 5. The maximum absolute atomic E-state index is 12.3. The predicted molar refractivity (Wildman–Crippen MR) is 102 cm³/mol. The van der Waals surface area contributed by atoms with Crippen molar-refractivity contribution in [2.45, 2.75) is 38.8 Å². The maximum Gasteiger partial charge on any atom is 0.324 e. The number of likely N-dealkylation sites (tertiary alicyclic amines) is 1. The van der Waals surface area contributed by atoms with Gasteiger partial charge in [-0.15, -0.1) is 0 Å². The van der Waals surface area contributed by atoms with E-state index in [9.17, 15) is 14.4 Å². The zero-order valence-electron chi connectivity index (χ0n) is 15.6. The average molecular weight is 391 g/mol. The highest BCUT2D eigenvalue weighted by atomic mass is 32.1. The number of carbonyl (C=O) groups excluding carboxylic acids is 3. The van der Waals surface area contributed by atoms with Gasteiger partial charge in [-0.25, -0.2) is 4.79 Å². The summed E-state index contributed by atoms with van der Waals surface area (Å²) in [7, 11) is 0. The molecule has 1 aliphatic carbocycles. The van der Waals surface area contributed by atoms with Crippen LogP contribution in [0.5, 0.6) is 0 Å². The molecule has 1 N–H and O–H groups in total. The Labute approximate surface area is 163 Å². The van der Waals surface area contributed by atoms with E-state index < -0.39 is 0 Å². The number of rotatable bonds is 5. The molecular weight excluding hydrogens is 364 g/mol. The van der Waals surface area contributed by atoms with Crippen molar-refractivity contribution in [1.29, 1.82) is 0 Å². The van der Waals surface area contributed by atoms with Gasteiger partial charge in [0, 0.05) is 32.6 Å². The van der Waals surface area contributed by atoms with Crippen LogP contribution in [0, 0.1) is 5.41 Å². The van der Waals surface area contributed by atoms with Gasteiger partial charge < -0.3 is 10.2 Å². The molecule has 27 heavy (non-hydrogen) atoms. The molecule has 1 spiro atoms. The molecule has 4 amide bonds. The summed E-state index contributed by atoms with van der Waals surface area (Å²) in [5, 5.41) is 6.82. The van der Waals surface area contributed by atoms with Crippen molar-refractivity contribution in [1.82, 2.24) is 20.0 Å². The van der Waals surface area contributed by atoms with E-state index in [0.717, 1.165) is 32.4 Å². The summed E-state index contributed by atoms with van der Waals surface area (Å²) in [6, 6.07) is 2.12. The SMILES string of the molecule is CC(=O)N(Cc1ccsc1)C1CC12CCN(CC(=O)N1CCNC1=O)CC2. The standard InChI is InChI=1S/C19H26N4O3S/c1-14(24)23(11-15-2-9-27-13-15)16-10-19(16)3-6-21(7-4-19)12-17(25)22-8-5-20-18(22)26/h2,9,13,16H,3-8,10-12H2,1H3,(H,20,26). The van der Waals surface area contributed by atoms with Crippen LogP contribution in [0.1, 0.15) is 31.7 Å². The van der Waals surface area contributed by atoms with E-state index in [1.165, 1.54) is 10.5 Å². The monoisotopic (exact) mass is 390 g/mol. The average Bonchev–Trinajstić information content (AvgIpc) is 3.01. The Morgan fingerprint density at radius 1 is 1.33 bits per heavy atom. The first-order valence-electron chi connectivity index (χ1n) is 9.57. The zero-order valence-corrected chi connectivity index (χ0v) is 16.5. The molecule has 4 rings (SSSR count). The molecule has 3 aliphatic rings. The summed E-state index contributed by atoms with van der Waals surface area (Å²) < 4.78 is 0. The summed E-state index contributed by atoms with van der Waals surface area (Å²) in [6.07, 6.45) is 3.07. The molecule has 0 radical (unpaired) electrons. The van der Waals surface area contributed by atoms with Crippen molar-refractivity contribution < 1.29 is 14.4 Å². The van der Waals surface area contributed by atoms with Crippen molar-refractivity contribution in [2.75, 3.05) is 32.7 Å². The van der Waals surface area contributed by atoms with Crippen LogP contribution in [-0.2, 0) is 16.1 Å². The Morgan fingerprint density at radius 2 is 2.11 bits per heavy atom. The minimum atomic E-state index is -0.277.